The highest BCUT2D eigenvalue weighted by atomic mass is 16.5. The number of carbonyl (C=O) groups is 2. The van der Waals surface area contributed by atoms with Crippen LogP contribution in [0.2, 0.25) is 0 Å². The SMILES string of the molecule is C=C(C)C(=O)OCCCC(=O)Nc1cccc2ccccc12. The first-order valence-electron chi connectivity index (χ1n) is 7.18. The second-order valence-corrected chi connectivity index (χ2v) is 5.09. The number of benzene rings is 2. The summed E-state index contributed by atoms with van der Waals surface area (Å²) < 4.78 is 4.96. The van der Waals surface area contributed by atoms with Gasteiger partial charge in [-0.1, -0.05) is 43.0 Å². The highest BCUT2D eigenvalue weighted by Crippen LogP contribution is 2.23. The molecule has 2 aromatic rings. The van der Waals surface area contributed by atoms with Crippen molar-refractivity contribution in [1.82, 2.24) is 0 Å². The van der Waals surface area contributed by atoms with Gasteiger partial charge in [-0.25, -0.2) is 4.79 Å². The molecule has 0 saturated carbocycles. The predicted octanol–water partition coefficient (Wildman–Crippen LogP) is 3.68. The van der Waals surface area contributed by atoms with Crippen molar-refractivity contribution in [2.45, 2.75) is 19.8 Å². The van der Waals surface area contributed by atoms with Gasteiger partial charge in [-0.15, -0.1) is 0 Å². The van der Waals surface area contributed by atoms with E-state index in [0.717, 1.165) is 16.5 Å². The summed E-state index contributed by atoms with van der Waals surface area (Å²) in [6.07, 6.45) is 0.780. The van der Waals surface area contributed by atoms with E-state index in [1.54, 1.807) is 6.92 Å². The van der Waals surface area contributed by atoms with Gasteiger partial charge >= 0.3 is 5.97 Å². The van der Waals surface area contributed by atoms with E-state index in [4.69, 9.17) is 4.74 Å². The van der Waals surface area contributed by atoms with Crippen molar-refractivity contribution in [3.05, 3.63) is 54.6 Å². The molecule has 1 amide bonds. The highest BCUT2D eigenvalue weighted by molar-refractivity contribution is 6.02. The van der Waals surface area contributed by atoms with Crippen molar-refractivity contribution in [3.63, 3.8) is 0 Å². The number of carbonyl (C=O) groups excluding carboxylic acids is 2. The van der Waals surface area contributed by atoms with Gasteiger partial charge in [0.25, 0.3) is 0 Å². The minimum Gasteiger partial charge on any atom is -0.462 e. The van der Waals surface area contributed by atoms with Crippen LogP contribution in [-0.4, -0.2) is 18.5 Å². The minimum atomic E-state index is -0.422. The molecule has 0 saturated heterocycles. The fraction of sp³-hybridized carbons (Fsp3) is 0.222. The Morgan fingerprint density at radius 1 is 1.14 bits per heavy atom. The fourth-order valence-corrected chi connectivity index (χ4v) is 2.07. The van der Waals surface area contributed by atoms with Crippen molar-refractivity contribution >= 4 is 28.3 Å². The minimum absolute atomic E-state index is 0.0947. The first-order valence-corrected chi connectivity index (χ1v) is 7.18. The average Bonchev–Trinajstić information content (AvgIpc) is 2.51. The van der Waals surface area contributed by atoms with Crippen molar-refractivity contribution in [2.75, 3.05) is 11.9 Å². The Labute approximate surface area is 129 Å². The first-order chi connectivity index (χ1) is 10.6. The van der Waals surface area contributed by atoms with Crippen LogP contribution in [0.25, 0.3) is 10.8 Å². The summed E-state index contributed by atoms with van der Waals surface area (Å²) in [6, 6.07) is 13.7. The van der Waals surface area contributed by atoms with Gasteiger partial charge in [-0.05, 0) is 24.8 Å². The summed E-state index contributed by atoms with van der Waals surface area (Å²) in [5.74, 6) is -0.516. The second-order valence-electron chi connectivity index (χ2n) is 5.09. The lowest BCUT2D eigenvalue weighted by atomic mass is 10.1. The van der Waals surface area contributed by atoms with Crippen molar-refractivity contribution in [3.8, 4) is 0 Å². The maximum absolute atomic E-state index is 12.0. The topological polar surface area (TPSA) is 55.4 Å². The maximum atomic E-state index is 12.0. The quantitative estimate of drug-likeness (QED) is 0.503. The molecule has 0 atom stereocenters. The molecule has 4 heteroatoms. The summed E-state index contributed by atoms with van der Waals surface area (Å²) in [5.41, 5.74) is 1.15. The number of esters is 1. The van der Waals surface area contributed by atoms with E-state index < -0.39 is 5.97 Å². The van der Waals surface area contributed by atoms with Gasteiger partial charge in [0.15, 0.2) is 0 Å². The lowest BCUT2D eigenvalue weighted by Crippen LogP contribution is -2.13. The molecule has 1 N–H and O–H groups in total. The number of nitrogens with one attached hydrogen (secondary N) is 1. The van der Waals surface area contributed by atoms with Crippen LogP contribution in [0.4, 0.5) is 5.69 Å². The summed E-state index contributed by atoms with van der Waals surface area (Å²) in [7, 11) is 0. The Balaban J connectivity index is 1.86. The molecule has 114 valence electrons. The fourth-order valence-electron chi connectivity index (χ4n) is 2.07. The lowest BCUT2D eigenvalue weighted by Gasteiger charge is -2.09. The molecule has 4 nitrogen and oxygen atoms in total. The van der Waals surface area contributed by atoms with E-state index in [1.807, 2.05) is 42.5 Å². The number of ether oxygens (including phenoxy) is 1. The predicted molar refractivity (Wildman–Crippen MR) is 87.6 cm³/mol. The van der Waals surface area contributed by atoms with E-state index in [9.17, 15) is 9.59 Å². The first kappa shape index (κ1) is 15.8. The molecule has 0 aliphatic rings. The van der Waals surface area contributed by atoms with Crippen LogP contribution < -0.4 is 5.32 Å². The molecule has 0 radical (unpaired) electrons. The van der Waals surface area contributed by atoms with Crippen LogP contribution in [0.1, 0.15) is 19.8 Å². The molecule has 2 rings (SSSR count). The number of fused-ring (bicyclic) bond motifs is 1. The Bertz CT molecular complexity index is 701. The van der Waals surface area contributed by atoms with Gasteiger partial charge in [0.05, 0.1) is 6.61 Å². The van der Waals surface area contributed by atoms with Crippen LogP contribution in [0, 0.1) is 0 Å². The molecule has 0 bridgehead atoms. The van der Waals surface area contributed by atoms with Gasteiger partial charge in [-0.2, -0.15) is 0 Å². The van der Waals surface area contributed by atoms with E-state index in [0.29, 0.717) is 18.4 Å². The number of hydrogen-bond donors (Lipinski definition) is 1. The maximum Gasteiger partial charge on any atom is 0.333 e. The standard InChI is InChI=1S/C18H19NO3/c1-13(2)18(21)22-12-6-11-17(20)19-16-10-5-8-14-7-3-4-9-15(14)16/h3-5,7-10H,1,6,11-12H2,2H3,(H,19,20). The zero-order valence-corrected chi connectivity index (χ0v) is 12.6. The van der Waals surface area contributed by atoms with Crippen molar-refractivity contribution < 1.29 is 14.3 Å². The molecular weight excluding hydrogens is 278 g/mol. The smallest absolute Gasteiger partial charge is 0.333 e. The summed E-state index contributed by atoms with van der Waals surface area (Å²) in [6.45, 7) is 5.31. The normalized spacial score (nSPS) is 10.2. The van der Waals surface area contributed by atoms with Gasteiger partial charge in [0.2, 0.25) is 5.91 Å². The summed E-state index contributed by atoms with van der Waals surface area (Å²) in [4.78, 5) is 23.2. The van der Waals surface area contributed by atoms with E-state index in [2.05, 4.69) is 11.9 Å². The molecule has 0 spiro atoms. The molecule has 0 unspecified atom stereocenters. The number of hydrogen-bond acceptors (Lipinski definition) is 3. The van der Waals surface area contributed by atoms with Crippen LogP contribution in [0.3, 0.4) is 0 Å². The molecular formula is C18H19NO3. The zero-order chi connectivity index (χ0) is 15.9. The third kappa shape index (κ3) is 4.19. The molecule has 0 aliphatic heterocycles. The van der Waals surface area contributed by atoms with E-state index in [1.165, 1.54) is 0 Å². The second kappa shape index (κ2) is 7.41. The Hall–Kier alpha value is -2.62. The van der Waals surface area contributed by atoms with Gasteiger partial charge in [0.1, 0.15) is 0 Å². The summed E-state index contributed by atoms with van der Waals surface area (Å²) in [5, 5.41) is 4.98. The number of rotatable bonds is 6. The monoisotopic (exact) mass is 297 g/mol. The average molecular weight is 297 g/mol. The van der Waals surface area contributed by atoms with Crippen molar-refractivity contribution in [2.24, 2.45) is 0 Å². The highest BCUT2D eigenvalue weighted by Gasteiger charge is 2.07. The molecule has 0 fully saturated rings. The largest absolute Gasteiger partial charge is 0.462 e. The third-order valence-electron chi connectivity index (χ3n) is 3.19. The van der Waals surface area contributed by atoms with E-state index >= 15 is 0 Å². The van der Waals surface area contributed by atoms with Gasteiger partial charge in [-0.3, -0.25) is 4.79 Å². The lowest BCUT2D eigenvalue weighted by molar-refractivity contribution is -0.139. The third-order valence-corrected chi connectivity index (χ3v) is 3.19. The van der Waals surface area contributed by atoms with Gasteiger partial charge in [0, 0.05) is 23.1 Å². The van der Waals surface area contributed by atoms with Crippen molar-refractivity contribution in [1.29, 1.82) is 0 Å². The Kier molecular flexibility index (Phi) is 5.31. The number of amides is 1. The molecule has 0 aliphatic carbocycles. The van der Waals surface area contributed by atoms with E-state index in [-0.39, 0.29) is 12.5 Å². The Morgan fingerprint density at radius 3 is 2.64 bits per heavy atom. The van der Waals surface area contributed by atoms with Crippen LogP contribution in [0.5, 0.6) is 0 Å². The molecule has 2 aromatic carbocycles. The Morgan fingerprint density at radius 2 is 1.86 bits per heavy atom. The van der Waals surface area contributed by atoms with Crippen LogP contribution in [-0.2, 0) is 14.3 Å². The van der Waals surface area contributed by atoms with Crippen LogP contribution in [0.15, 0.2) is 54.6 Å². The summed E-state index contributed by atoms with van der Waals surface area (Å²) >= 11 is 0. The van der Waals surface area contributed by atoms with Crippen LogP contribution >= 0.6 is 0 Å². The van der Waals surface area contributed by atoms with Gasteiger partial charge < -0.3 is 10.1 Å². The zero-order valence-electron chi connectivity index (χ0n) is 12.6. The molecule has 22 heavy (non-hydrogen) atoms. The number of anilines is 1. The molecule has 0 heterocycles. The molecule has 0 aromatic heterocycles.